The monoisotopic (exact) mass is 528 g/mol. The molecule has 0 aliphatic carbocycles. The first-order valence-corrected chi connectivity index (χ1v) is 9.72. The Balaban J connectivity index is 0.00000450. The number of nitrogens with zero attached hydrogens (tertiary/aromatic N) is 3. The van der Waals surface area contributed by atoms with Crippen molar-refractivity contribution >= 4 is 36.0 Å². The molecule has 0 unspecified atom stereocenters. The van der Waals surface area contributed by atoms with Crippen LogP contribution in [0.25, 0.3) is 5.69 Å². The predicted molar refractivity (Wildman–Crippen MR) is 131 cm³/mol. The lowest BCUT2D eigenvalue weighted by Gasteiger charge is -2.20. The summed E-state index contributed by atoms with van der Waals surface area (Å²) in [5, 5.41) is 13.8. The third-order valence-corrected chi connectivity index (χ3v) is 3.98. The van der Waals surface area contributed by atoms with E-state index in [1.54, 1.807) is 7.05 Å². The molecule has 166 valence electrons. The molecule has 0 aliphatic heterocycles. The number of ether oxygens (including phenoxy) is 1. The summed E-state index contributed by atoms with van der Waals surface area (Å²) in [6.07, 6.45) is -0.430. The van der Waals surface area contributed by atoms with Crippen molar-refractivity contribution in [2.45, 2.75) is 46.8 Å². The SMILES string of the molecule is CN=C(NCCNC(=O)OC(C)(C)C)NCc1ccccc1-n1nc(C)cc1C.I. The number of aryl methyl sites for hydroxylation is 2. The van der Waals surface area contributed by atoms with Crippen molar-refractivity contribution in [3.05, 3.63) is 47.3 Å². The fraction of sp³-hybridized carbons (Fsp3) is 0.476. The number of nitrogens with one attached hydrogen (secondary N) is 3. The number of aromatic nitrogens is 2. The van der Waals surface area contributed by atoms with Gasteiger partial charge in [-0.2, -0.15) is 5.10 Å². The molecule has 1 amide bonds. The van der Waals surface area contributed by atoms with E-state index < -0.39 is 11.7 Å². The molecule has 1 aromatic heterocycles. The summed E-state index contributed by atoms with van der Waals surface area (Å²) in [6, 6.07) is 10.2. The number of aliphatic imine (C=N–C) groups is 1. The van der Waals surface area contributed by atoms with Crippen molar-refractivity contribution in [1.82, 2.24) is 25.7 Å². The number of benzene rings is 1. The number of halogens is 1. The van der Waals surface area contributed by atoms with Crippen molar-refractivity contribution in [2.75, 3.05) is 20.1 Å². The van der Waals surface area contributed by atoms with E-state index in [4.69, 9.17) is 4.74 Å². The number of alkyl carbamates (subject to hydrolysis) is 1. The van der Waals surface area contributed by atoms with Gasteiger partial charge in [0.05, 0.1) is 11.4 Å². The fourth-order valence-corrected chi connectivity index (χ4v) is 2.80. The molecule has 2 rings (SSSR count). The third kappa shape index (κ3) is 8.21. The number of para-hydroxylation sites is 1. The number of hydrogen-bond acceptors (Lipinski definition) is 4. The summed E-state index contributed by atoms with van der Waals surface area (Å²) in [7, 11) is 1.71. The van der Waals surface area contributed by atoms with E-state index in [1.807, 2.05) is 51.4 Å². The van der Waals surface area contributed by atoms with Gasteiger partial charge in [-0.3, -0.25) is 4.99 Å². The van der Waals surface area contributed by atoms with Gasteiger partial charge in [0.2, 0.25) is 0 Å². The van der Waals surface area contributed by atoms with Crippen LogP contribution in [0.1, 0.15) is 37.7 Å². The Morgan fingerprint density at radius 3 is 2.40 bits per heavy atom. The van der Waals surface area contributed by atoms with Gasteiger partial charge in [-0.25, -0.2) is 9.48 Å². The minimum atomic E-state index is -0.506. The van der Waals surface area contributed by atoms with Crippen LogP contribution in [0.4, 0.5) is 4.79 Å². The molecule has 8 nitrogen and oxygen atoms in total. The average Bonchev–Trinajstić information content (AvgIpc) is 2.98. The fourth-order valence-electron chi connectivity index (χ4n) is 2.80. The Labute approximate surface area is 195 Å². The molecule has 0 fully saturated rings. The van der Waals surface area contributed by atoms with Crippen LogP contribution in [0, 0.1) is 13.8 Å². The van der Waals surface area contributed by atoms with E-state index in [1.165, 1.54) is 0 Å². The quantitative estimate of drug-likeness (QED) is 0.232. The highest BCUT2D eigenvalue weighted by Crippen LogP contribution is 2.16. The molecule has 0 atom stereocenters. The van der Waals surface area contributed by atoms with Gasteiger partial charge < -0.3 is 20.7 Å². The zero-order valence-corrected chi connectivity index (χ0v) is 20.9. The van der Waals surface area contributed by atoms with Crippen molar-refractivity contribution in [3.8, 4) is 5.69 Å². The van der Waals surface area contributed by atoms with E-state index in [-0.39, 0.29) is 24.0 Å². The topological polar surface area (TPSA) is 92.6 Å². The Morgan fingerprint density at radius 2 is 1.80 bits per heavy atom. The average molecular weight is 528 g/mol. The van der Waals surface area contributed by atoms with Crippen molar-refractivity contribution in [2.24, 2.45) is 4.99 Å². The minimum absolute atomic E-state index is 0. The molecule has 9 heteroatoms. The summed E-state index contributed by atoms with van der Waals surface area (Å²) < 4.78 is 7.16. The molecule has 1 heterocycles. The van der Waals surface area contributed by atoms with Gasteiger partial charge in [0.1, 0.15) is 5.60 Å². The first-order valence-electron chi connectivity index (χ1n) is 9.72. The van der Waals surface area contributed by atoms with Gasteiger partial charge >= 0.3 is 6.09 Å². The van der Waals surface area contributed by atoms with E-state index >= 15 is 0 Å². The van der Waals surface area contributed by atoms with Crippen molar-refractivity contribution in [1.29, 1.82) is 0 Å². The van der Waals surface area contributed by atoms with Crippen LogP contribution in [0.3, 0.4) is 0 Å². The molecule has 0 aliphatic rings. The molecule has 2 aromatic rings. The molecule has 0 saturated heterocycles. The lowest BCUT2D eigenvalue weighted by atomic mass is 10.1. The summed E-state index contributed by atoms with van der Waals surface area (Å²) in [5.74, 6) is 0.652. The highest BCUT2D eigenvalue weighted by atomic mass is 127. The lowest BCUT2D eigenvalue weighted by molar-refractivity contribution is 0.0529. The Kier molecular flexibility index (Phi) is 10.1. The Bertz CT molecular complexity index is 857. The second kappa shape index (κ2) is 11.8. The number of carbonyl (C=O) groups excluding carboxylic acids is 1. The second-order valence-electron chi connectivity index (χ2n) is 7.75. The van der Waals surface area contributed by atoms with Crippen LogP contribution in [0.5, 0.6) is 0 Å². The predicted octanol–water partition coefficient (Wildman–Crippen LogP) is 3.30. The normalized spacial score (nSPS) is 11.5. The highest BCUT2D eigenvalue weighted by Gasteiger charge is 2.15. The first kappa shape index (κ1) is 25.7. The Morgan fingerprint density at radius 1 is 1.13 bits per heavy atom. The van der Waals surface area contributed by atoms with Gasteiger partial charge in [0.25, 0.3) is 0 Å². The zero-order chi connectivity index (χ0) is 21.4. The van der Waals surface area contributed by atoms with Gasteiger partial charge in [-0.15, -0.1) is 24.0 Å². The largest absolute Gasteiger partial charge is 0.444 e. The summed E-state index contributed by atoms with van der Waals surface area (Å²) >= 11 is 0. The lowest BCUT2D eigenvalue weighted by Crippen LogP contribution is -2.42. The highest BCUT2D eigenvalue weighted by molar-refractivity contribution is 14.0. The molecule has 30 heavy (non-hydrogen) atoms. The van der Waals surface area contributed by atoms with Gasteiger partial charge in [0, 0.05) is 32.4 Å². The molecule has 3 N–H and O–H groups in total. The molecule has 0 spiro atoms. The van der Waals surface area contributed by atoms with Crippen LogP contribution >= 0.6 is 24.0 Å². The Hall–Kier alpha value is -2.30. The number of amides is 1. The standard InChI is InChI=1S/C21H32N6O2.HI/c1-15-13-16(2)27(26-15)18-10-8-7-9-17(18)14-25-19(22-6)23-11-12-24-20(28)29-21(3,4)5;/h7-10,13H,11-12,14H2,1-6H3,(H,24,28)(H2,22,23,25);1H. The number of carbonyl (C=O) groups is 1. The smallest absolute Gasteiger partial charge is 0.407 e. The number of hydrogen-bond donors (Lipinski definition) is 3. The van der Waals surface area contributed by atoms with E-state index in [0.717, 1.165) is 22.6 Å². The van der Waals surface area contributed by atoms with Crippen LogP contribution in [-0.4, -0.2) is 47.6 Å². The molecule has 1 aromatic carbocycles. The molecular formula is C21H33IN6O2. The van der Waals surface area contributed by atoms with E-state index in [0.29, 0.717) is 25.6 Å². The van der Waals surface area contributed by atoms with E-state index in [2.05, 4.69) is 44.2 Å². The molecular weight excluding hydrogens is 495 g/mol. The maximum absolute atomic E-state index is 11.7. The summed E-state index contributed by atoms with van der Waals surface area (Å²) in [6.45, 7) is 11.1. The van der Waals surface area contributed by atoms with Gasteiger partial charge in [-0.05, 0) is 52.3 Å². The maximum atomic E-state index is 11.7. The summed E-state index contributed by atoms with van der Waals surface area (Å²) in [5.41, 5.74) is 3.71. The minimum Gasteiger partial charge on any atom is -0.444 e. The third-order valence-electron chi connectivity index (χ3n) is 3.98. The van der Waals surface area contributed by atoms with Crippen LogP contribution in [0.2, 0.25) is 0 Å². The molecule has 0 radical (unpaired) electrons. The van der Waals surface area contributed by atoms with Gasteiger partial charge in [-0.1, -0.05) is 18.2 Å². The van der Waals surface area contributed by atoms with Crippen LogP contribution in [-0.2, 0) is 11.3 Å². The summed E-state index contributed by atoms with van der Waals surface area (Å²) in [4.78, 5) is 15.9. The first-order chi connectivity index (χ1) is 13.7. The zero-order valence-electron chi connectivity index (χ0n) is 18.6. The van der Waals surface area contributed by atoms with Crippen molar-refractivity contribution < 1.29 is 9.53 Å². The van der Waals surface area contributed by atoms with Crippen molar-refractivity contribution in [3.63, 3.8) is 0 Å². The molecule has 0 saturated carbocycles. The maximum Gasteiger partial charge on any atom is 0.407 e. The number of guanidine groups is 1. The molecule has 0 bridgehead atoms. The number of rotatable bonds is 6. The van der Waals surface area contributed by atoms with Crippen LogP contribution < -0.4 is 16.0 Å². The second-order valence-corrected chi connectivity index (χ2v) is 7.75. The van der Waals surface area contributed by atoms with Crippen LogP contribution in [0.15, 0.2) is 35.3 Å². The van der Waals surface area contributed by atoms with Gasteiger partial charge in [0.15, 0.2) is 5.96 Å². The van der Waals surface area contributed by atoms with E-state index in [9.17, 15) is 4.79 Å².